The van der Waals surface area contributed by atoms with Gasteiger partial charge in [-0.05, 0) is 49.6 Å². The summed E-state index contributed by atoms with van der Waals surface area (Å²) < 4.78 is 11.3. The number of hydrogen-bond acceptors (Lipinski definition) is 4. The van der Waals surface area contributed by atoms with Gasteiger partial charge in [-0.1, -0.05) is 32.0 Å². The Labute approximate surface area is 161 Å². The highest BCUT2D eigenvalue weighted by Crippen LogP contribution is 2.38. The zero-order chi connectivity index (χ0) is 19.4. The molecule has 2 atom stereocenters. The molecular formula is C22H28N2O3. The maximum absolute atomic E-state index is 13.2. The Morgan fingerprint density at radius 1 is 1.15 bits per heavy atom. The molecule has 0 unspecified atom stereocenters. The van der Waals surface area contributed by atoms with Crippen LogP contribution in [0.15, 0.2) is 42.5 Å². The lowest BCUT2D eigenvalue weighted by Crippen LogP contribution is -2.47. The number of carbonyl (C=O) groups is 1. The average molecular weight is 368 g/mol. The van der Waals surface area contributed by atoms with Crippen molar-refractivity contribution in [3.05, 3.63) is 53.6 Å². The lowest BCUT2D eigenvalue weighted by atomic mass is 10.0. The van der Waals surface area contributed by atoms with Gasteiger partial charge < -0.3 is 19.7 Å². The van der Waals surface area contributed by atoms with Gasteiger partial charge in [0.1, 0.15) is 6.17 Å². The Bertz CT molecular complexity index is 806. The van der Waals surface area contributed by atoms with Gasteiger partial charge in [-0.15, -0.1) is 0 Å². The first-order valence-electron chi connectivity index (χ1n) is 9.59. The molecule has 1 heterocycles. The number of methoxy groups -OCH3 is 1. The summed E-state index contributed by atoms with van der Waals surface area (Å²) >= 11 is 0. The molecule has 27 heavy (non-hydrogen) atoms. The zero-order valence-electron chi connectivity index (χ0n) is 16.5. The maximum atomic E-state index is 13.2. The number of anilines is 1. The minimum atomic E-state index is -0.253. The van der Waals surface area contributed by atoms with E-state index >= 15 is 0 Å². The highest BCUT2D eigenvalue weighted by atomic mass is 16.5. The molecule has 5 nitrogen and oxygen atoms in total. The molecule has 3 rings (SSSR count). The van der Waals surface area contributed by atoms with Crippen molar-refractivity contribution >= 4 is 11.6 Å². The Kier molecular flexibility index (Phi) is 5.89. The van der Waals surface area contributed by atoms with Gasteiger partial charge in [-0.25, -0.2) is 0 Å². The van der Waals surface area contributed by atoms with E-state index < -0.39 is 0 Å². The first-order chi connectivity index (χ1) is 13.1. The Morgan fingerprint density at radius 3 is 2.63 bits per heavy atom. The fraction of sp³-hybridized carbons (Fsp3) is 0.409. The normalized spacial score (nSPS) is 17.1. The fourth-order valence-electron chi connectivity index (χ4n) is 3.35. The number of hydrogen-bond donors (Lipinski definition) is 1. The molecule has 0 aliphatic carbocycles. The summed E-state index contributed by atoms with van der Waals surface area (Å²) in [4.78, 5) is 15.1. The molecule has 0 aromatic heterocycles. The van der Waals surface area contributed by atoms with Crippen LogP contribution in [0.25, 0.3) is 0 Å². The van der Waals surface area contributed by atoms with Crippen LogP contribution in [0, 0.1) is 0 Å². The van der Waals surface area contributed by atoms with Crippen LogP contribution in [-0.4, -0.2) is 30.6 Å². The number of benzene rings is 2. The zero-order valence-corrected chi connectivity index (χ0v) is 16.5. The van der Waals surface area contributed by atoms with E-state index in [0.29, 0.717) is 23.7 Å². The molecule has 0 spiro atoms. The van der Waals surface area contributed by atoms with Crippen molar-refractivity contribution in [1.82, 2.24) is 4.90 Å². The van der Waals surface area contributed by atoms with Crippen molar-refractivity contribution in [3.8, 4) is 11.5 Å². The summed E-state index contributed by atoms with van der Waals surface area (Å²) in [5.74, 6) is 1.45. The number of amides is 1. The third kappa shape index (κ3) is 3.72. The molecule has 0 saturated heterocycles. The Morgan fingerprint density at radius 2 is 1.93 bits per heavy atom. The predicted molar refractivity (Wildman–Crippen MR) is 108 cm³/mol. The second-order valence-corrected chi connectivity index (χ2v) is 6.82. The Hall–Kier alpha value is -2.69. The molecule has 1 N–H and O–H groups in total. The molecular weight excluding hydrogens is 340 g/mol. The molecule has 0 bridgehead atoms. The van der Waals surface area contributed by atoms with Gasteiger partial charge in [0.25, 0.3) is 5.91 Å². The molecule has 2 aromatic carbocycles. The van der Waals surface area contributed by atoms with Crippen molar-refractivity contribution in [2.45, 2.75) is 45.8 Å². The van der Waals surface area contributed by atoms with Crippen molar-refractivity contribution < 1.29 is 14.3 Å². The third-order valence-corrected chi connectivity index (χ3v) is 4.99. The molecule has 0 radical (unpaired) electrons. The molecule has 1 amide bonds. The van der Waals surface area contributed by atoms with Crippen molar-refractivity contribution in [2.24, 2.45) is 0 Å². The largest absolute Gasteiger partial charge is 0.493 e. The van der Waals surface area contributed by atoms with Gasteiger partial charge in [-0.3, -0.25) is 4.79 Å². The van der Waals surface area contributed by atoms with Crippen LogP contribution in [0.5, 0.6) is 11.5 Å². The minimum absolute atomic E-state index is 0.0514. The van der Waals surface area contributed by atoms with Crippen LogP contribution >= 0.6 is 0 Å². The number of nitrogens with one attached hydrogen (secondary N) is 1. The SMILES string of the molecule is CCCOc1cc([C@@H]2Nc3ccccc3C(=O)N2[C@H](C)CC)ccc1OC. The number of ether oxygens (including phenoxy) is 2. The number of carbonyl (C=O) groups excluding carboxylic acids is 1. The number of fused-ring (bicyclic) bond motifs is 1. The minimum Gasteiger partial charge on any atom is -0.493 e. The lowest BCUT2D eigenvalue weighted by Gasteiger charge is -2.41. The summed E-state index contributed by atoms with van der Waals surface area (Å²) in [7, 11) is 1.64. The second kappa shape index (κ2) is 8.33. The van der Waals surface area contributed by atoms with Crippen LogP contribution in [0.4, 0.5) is 5.69 Å². The fourth-order valence-corrected chi connectivity index (χ4v) is 3.35. The molecule has 1 aliphatic rings. The molecule has 144 valence electrons. The van der Waals surface area contributed by atoms with Gasteiger partial charge in [-0.2, -0.15) is 0 Å². The van der Waals surface area contributed by atoms with Crippen molar-refractivity contribution in [2.75, 3.05) is 19.0 Å². The highest BCUT2D eigenvalue weighted by molar-refractivity contribution is 6.01. The first-order valence-corrected chi connectivity index (χ1v) is 9.59. The monoisotopic (exact) mass is 368 g/mol. The molecule has 2 aromatic rings. The predicted octanol–water partition coefficient (Wildman–Crippen LogP) is 4.85. The molecule has 5 heteroatoms. The average Bonchev–Trinajstić information content (AvgIpc) is 2.71. The number of rotatable bonds is 7. The highest BCUT2D eigenvalue weighted by Gasteiger charge is 2.35. The quantitative estimate of drug-likeness (QED) is 0.759. The lowest BCUT2D eigenvalue weighted by molar-refractivity contribution is 0.0593. The summed E-state index contributed by atoms with van der Waals surface area (Å²) in [5.41, 5.74) is 2.55. The van der Waals surface area contributed by atoms with Crippen LogP contribution in [-0.2, 0) is 0 Å². The van der Waals surface area contributed by atoms with E-state index in [1.165, 1.54) is 0 Å². The van der Waals surface area contributed by atoms with E-state index in [-0.39, 0.29) is 18.1 Å². The van der Waals surface area contributed by atoms with Crippen molar-refractivity contribution in [3.63, 3.8) is 0 Å². The standard InChI is InChI=1S/C22H28N2O3/c1-5-13-27-20-14-16(11-12-19(20)26-4)21-23-18-10-8-7-9-17(18)22(25)24(21)15(3)6-2/h7-12,14-15,21,23H,5-6,13H2,1-4H3/t15-,21-/m1/s1. The number of para-hydroxylation sites is 1. The van der Waals surface area contributed by atoms with Crippen LogP contribution < -0.4 is 14.8 Å². The van der Waals surface area contributed by atoms with Crippen LogP contribution in [0.2, 0.25) is 0 Å². The molecule has 0 fully saturated rings. The second-order valence-electron chi connectivity index (χ2n) is 6.82. The van der Waals surface area contributed by atoms with E-state index in [9.17, 15) is 4.79 Å². The van der Waals surface area contributed by atoms with Gasteiger partial charge >= 0.3 is 0 Å². The van der Waals surface area contributed by atoms with E-state index in [2.05, 4.69) is 26.1 Å². The molecule has 1 aliphatic heterocycles. The Balaban J connectivity index is 2.04. The molecule has 0 saturated carbocycles. The topological polar surface area (TPSA) is 50.8 Å². The third-order valence-electron chi connectivity index (χ3n) is 4.99. The van der Waals surface area contributed by atoms with E-state index in [1.807, 2.05) is 47.4 Å². The van der Waals surface area contributed by atoms with Gasteiger partial charge in [0, 0.05) is 11.7 Å². The van der Waals surface area contributed by atoms with Crippen LogP contribution in [0.1, 0.15) is 55.7 Å². The maximum Gasteiger partial charge on any atom is 0.258 e. The van der Waals surface area contributed by atoms with E-state index in [4.69, 9.17) is 9.47 Å². The number of nitrogens with zero attached hydrogens (tertiary/aromatic N) is 1. The summed E-state index contributed by atoms with van der Waals surface area (Å²) in [5, 5.41) is 3.54. The van der Waals surface area contributed by atoms with E-state index in [1.54, 1.807) is 7.11 Å². The van der Waals surface area contributed by atoms with Gasteiger partial charge in [0.2, 0.25) is 0 Å². The smallest absolute Gasteiger partial charge is 0.258 e. The summed E-state index contributed by atoms with van der Waals surface area (Å²) in [6, 6.07) is 13.6. The van der Waals surface area contributed by atoms with E-state index in [0.717, 1.165) is 24.1 Å². The van der Waals surface area contributed by atoms with Gasteiger partial charge in [0.15, 0.2) is 11.5 Å². The summed E-state index contributed by atoms with van der Waals surface area (Å²) in [6.07, 6.45) is 1.54. The van der Waals surface area contributed by atoms with Crippen molar-refractivity contribution in [1.29, 1.82) is 0 Å². The summed E-state index contributed by atoms with van der Waals surface area (Å²) in [6.45, 7) is 6.87. The van der Waals surface area contributed by atoms with Gasteiger partial charge in [0.05, 0.1) is 19.3 Å². The first kappa shape index (κ1) is 19.1. The van der Waals surface area contributed by atoms with Crippen LogP contribution in [0.3, 0.4) is 0 Å².